The van der Waals surface area contributed by atoms with E-state index in [1.165, 1.54) is 6.92 Å². The SMILES string of the molecule is CC(=O)Oc1c(C)c(C(C)(C)C)c(O)c2c1OCCC2. The van der Waals surface area contributed by atoms with Gasteiger partial charge in [-0.15, -0.1) is 0 Å². The van der Waals surface area contributed by atoms with E-state index in [2.05, 4.69) is 0 Å². The van der Waals surface area contributed by atoms with Gasteiger partial charge in [-0.05, 0) is 25.2 Å². The van der Waals surface area contributed by atoms with Gasteiger partial charge in [0.2, 0.25) is 0 Å². The molecule has 0 unspecified atom stereocenters. The predicted octanol–water partition coefficient (Wildman–Crippen LogP) is 3.25. The summed E-state index contributed by atoms with van der Waals surface area (Å²) < 4.78 is 11.0. The van der Waals surface area contributed by atoms with Gasteiger partial charge in [0, 0.05) is 23.6 Å². The van der Waals surface area contributed by atoms with Gasteiger partial charge in [0.1, 0.15) is 5.75 Å². The Morgan fingerprint density at radius 1 is 1.35 bits per heavy atom. The lowest BCUT2D eigenvalue weighted by Crippen LogP contribution is -2.19. The molecule has 1 aromatic carbocycles. The zero-order valence-corrected chi connectivity index (χ0v) is 12.8. The molecule has 0 bridgehead atoms. The molecule has 1 aliphatic rings. The van der Waals surface area contributed by atoms with Crippen molar-refractivity contribution < 1.29 is 19.4 Å². The van der Waals surface area contributed by atoms with Gasteiger partial charge >= 0.3 is 5.97 Å². The highest BCUT2D eigenvalue weighted by Crippen LogP contribution is 2.49. The fraction of sp³-hybridized carbons (Fsp3) is 0.562. The van der Waals surface area contributed by atoms with Gasteiger partial charge in [0.05, 0.1) is 6.61 Å². The molecule has 0 aliphatic carbocycles. The second-order valence-corrected chi connectivity index (χ2v) is 6.28. The van der Waals surface area contributed by atoms with Crippen LogP contribution in [0.1, 0.15) is 50.8 Å². The van der Waals surface area contributed by atoms with Crippen molar-refractivity contribution in [3.05, 3.63) is 16.7 Å². The Labute approximate surface area is 119 Å². The monoisotopic (exact) mass is 278 g/mol. The predicted molar refractivity (Wildman–Crippen MR) is 76.7 cm³/mol. The minimum atomic E-state index is -0.380. The Bertz CT molecular complexity index is 553. The molecule has 4 nitrogen and oxygen atoms in total. The summed E-state index contributed by atoms with van der Waals surface area (Å²) in [6.45, 7) is 9.90. The fourth-order valence-electron chi connectivity index (χ4n) is 2.85. The largest absolute Gasteiger partial charge is 0.507 e. The molecule has 0 saturated carbocycles. The summed E-state index contributed by atoms with van der Waals surface area (Å²) in [4.78, 5) is 11.4. The third-order valence-electron chi connectivity index (χ3n) is 3.53. The van der Waals surface area contributed by atoms with Gasteiger partial charge in [0.25, 0.3) is 0 Å². The molecule has 0 spiro atoms. The minimum Gasteiger partial charge on any atom is -0.507 e. The Morgan fingerprint density at radius 3 is 2.55 bits per heavy atom. The maximum Gasteiger partial charge on any atom is 0.308 e. The van der Waals surface area contributed by atoms with Crippen LogP contribution in [-0.4, -0.2) is 17.7 Å². The Kier molecular flexibility index (Phi) is 3.67. The average molecular weight is 278 g/mol. The number of rotatable bonds is 1. The summed E-state index contributed by atoms with van der Waals surface area (Å²) in [6.07, 6.45) is 1.59. The second kappa shape index (κ2) is 5.00. The topological polar surface area (TPSA) is 55.8 Å². The van der Waals surface area contributed by atoms with E-state index in [1.54, 1.807) is 0 Å². The summed E-state index contributed by atoms with van der Waals surface area (Å²) >= 11 is 0. The molecule has 0 fully saturated rings. The van der Waals surface area contributed by atoms with Gasteiger partial charge in [-0.3, -0.25) is 4.79 Å². The van der Waals surface area contributed by atoms with Crippen LogP contribution in [0.2, 0.25) is 0 Å². The van der Waals surface area contributed by atoms with Crippen LogP contribution in [0.3, 0.4) is 0 Å². The van der Waals surface area contributed by atoms with Crippen LogP contribution in [0.5, 0.6) is 17.2 Å². The maximum absolute atomic E-state index is 11.4. The zero-order chi connectivity index (χ0) is 15.1. The van der Waals surface area contributed by atoms with Crippen LogP contribution in [0, 0.1) is 6.92 Å². The molecule has 1 heterocycles. The molecule has 0 aromatic heterocycles. The lowest BCUT2D eigenvalue weighted by Gasteiger charge is -2.29. The van der Waals surface area contributed by atoms with E-state index in [0.29, 0.717) is 18.1 Å². The maximum atomic E-state index is 11.4. The van der Waals surface area contributed by atoms with Crippen LogP contribution in [0.15, 0.2) is 0 Å². The van der Waals surface area contributed by atoms with E-state index in [1.807, 2.05) is 27.7 Å². The number of fused-ring (bicyclic) bond motifs is 1. The van der Waals surface area contributed by atoms with Gasteiger partial charge in [-0.25, -0.2) is 0 Å². The van der Waals surface area contributed by atoms with Gasteiger partial charge in [-0.2, -0.15) is 0 Å². The van der Waals surface area contributed by atoms with Crippen molar-refractivity contribution in [1.29, 1.82) is 0 Å². The first-order chi connectivity index (χ1) is 9.23. The number of hydrogen-bond acceptors (Lipinski definition) is 4. The number of esters is 1. The molecule has 0 amide bonds. The number of phenols is 1. The van der Waals surface area contributed by atoms with Crippen molar-refractivity contribution in [2.75, 3.05) is 6.61 Å². The smallest absolute Gasteiger partial charge is 0.308 e. The molecule has 0 atom stereocenters. The van der Waals surface area contributed by atoms with Crippen molar-refractivity contribution in [3.8, 4) is 17.2 Å². The number of hydrogen-bond donors (Lipinski definition) is 1. The molecule has 4 heteroatoms. The summed E-state index contributed by atoms with van der Waals surface area (Å²) in [6, 6.07) is 0. The van der Waals surface area contributed by atoms with Crippen molar-refractivity contribution in [3.63, 3.8) is 0 Å². The average Bonchev–Trinajstić information content (AvgIpc) is 2.32. The lowest BCUT2D eigenvalue weighted by atomic mass is 9.80. The van der Waals surface area contributed by atoms with Crippen LogP contribution in [-0.2, 0) is 16.6 Å². The number of carbonyl (C=O) groups is 1. The molecule has 0 saturated heterocycles. The van der Waals surface area contributed by atoms with E-state index in [-0.39, 0.29) is 17.1 Å². The zero-order valence-electron chi connectivity index (χ0n) is 12.8. The second-order valence-electron chi connectivity index (χ2n) is 6.28. The van der Waals surface area contributed by atoms with E-state index >= 15 is 0 Å². The van der Waals surface area contributed by atoms with Crippen LogP contribution in [0.25, 0.3) is 0 Å². The third-order valence-corrected chi connectivity index (χ3v) is 3.53. The molecule has 1 aromatic rings. The van der Waals surface area contributed by atoms with Crippen LogP contribution in [0.4, 0.5) is 0 Å². The Balaban J connectivity index is 2.75. The third kappa shape index (κ3) is 2.47. The van der Waals surface area contributed by atoms with E-state index < -0.39 is 0 Å². The summed E-state index contributed by atoms with van der Waals surface area (Å²) in [5.74, 6) is 0.875. The fourth-order valence-corrected chi connectivity index (χ4v) is 2.85. The molecule has 1 aliphatic heterocycles. The molecular weight excluding hydrogens is 256 g/mol. The molecular formula is C16H22O4. The minimum absolute atomic E-state index is 0.241. The van der Waals surface area contributed by atoms with Crippen molar-refractivity contribution >= 4 is 5.97 Å². The number of carbonyl (C=O) groups excluding carboxylic acids is 1. The molecule has 2 rings (SSSR count). The number of ether oxygens (including phenoxy) is 2. The number of aromatic hydroxyl groups is 1. The van der Waals surface area contributed by atoms with Crippen LogP contribution < -0.4 is 9.47 Å². The molecule has 1 N–H and O–H groups in total. The van der Waals surface area contributed by atoms with Gasteiger partial charge in [0.15, 0.2) is 11.5 Å². The normalized spacial score (nSPS) is 14.4. The first-order valence-corrected chi connectivity index (χ1v) is 6.93. The van der Waals surface area contributed by atoms with E-state index in [4.69, 9.17) is 9.47 Å². The van der Waals surface area contributed by atoms with Gasteiger partial charge < -0.3 is 14.6 Å². The van der Waals surface area contributed by atoms with Crippen molar-refractivity contribution in [1.82, 2.24) is 0 Å². The van der Waals surface area contributed by atoms with E-state index in [0.717, 1.165) is 29.5 Å². The van der Waals surface area contributed by atoms with Crippen molar-refractivity contribution in [2.24, 2.45) is 0 Å². The summed E-state index contributed by atoms with van der Waals surface area (Å²) in [7, 11) is 0. The quantitative estimate of drug-likeness (QED) is 0.633. The lowest BCUT2D eigenvalue weighted by molar-refractivity contribution is -0.132. The molecule has 110 valence electrons. The summed E-state index contributed by atoms with van der Waals surface area (Å²) in [5, 5.41) is 10.6. The highest BCUT2D eigenvalue weighted by Gasteiger charge is 2.31. The number of phenolic OH excluding ortho intramolecular Hbond substituents is 1. The number of benzene rings is 1. The van der Waals surface area contributed by atoms with Gasteiger partial charge in [-0.1, -0.05) is 20.8 Å². The first kappa shape index (κ1) is 14.7. The highest BCUT2D eigenvalue weighted by molar-refractivity contribution is 5.74. The van der Waals surface area contributed by atoms with E-state index in [9.17, 15) is 9.90 Å². The Hall–Kier alpha value is -1.71. The van der Waals surface area contributed by atoms with Crippen molar-refractivity contribution in [2.45, 2.75) is 52.9 Å². The molecule has 20 heavy (non-hydrogen) atoms. The highest BCUT2D eigenvalue weighted by atomic mass is 16.6. The standard InChI is InChI=1S/C16H22O4/c1-9-12(16(3,4)5)13(18)11-7-6-8-19-15(11)14(9)20-10(2)17/h18H,6-8H2,1-5H3. The van der Waals surface area contributed by atoms with Crippen LogP contribution >= 0.6 is 0 Å². The Morgan fingerprint density at radius 2 is 2.00 bits per heavy atom. The first-order valence-electron chi connectivity index (χ1n) is 6.93. The molecule has 0 radical (unpaired) electrons. The summed E-state index contributed by atoms with van der Waals surface area (Å²) in [5.41, 5.74) is 2.10.